The van der Waals surface area contributed by atoms with E-state index in [0.717, 1.165) is 5.75 Å². The maximum absolute atomic E-state index is 5.91. The van der Waals surface area contributed by atoms with E-state index in [4.69, 9.17) is 4.74 Å². The second-order valence-corrected chi connectivity index (χ2v) is 5.37. The Morgan fingerprint density at radius 1 is 1.29 bits per heavy atom. The van der Waals surface area contributed by atoms with Crippen molar-refractivity contribution in [3.63, 3.8) is 0 Å². The molecule has 0 atom stereocenters. The van der Waals surface area contributed by atoms with Gasteiger partial charge in [-0.15, -0.1) is 0 Å². The Kier molecular flexibility index (Phi) is 2.33. The first-order chi connectivity index (χ1) is 6.49. The number of benzene rings is 1. The fourth-order valence-electron chi connectivity index (χ4n) is 1.49. The van der Waals surface area contributed by atoms with Crippen molar-refractivity contribution in [2.45, 2.75) is 26.4 Å². The van der Waals surface area contributed by atoms with Crippen LogP contribution in [0.25, 0.3) is 6.08 Å². The largest absolute Gasteiger partial charge is 0.483 e. The molecule has 0 bridgehead atoms. The molecule has 0 saturated carbocycles. The van der Waals surface area contributed by atoms with Gasteiger partial charge in [0.1, 0.15) is 11.4 Å². The predicted octanol–water partition coefficient (Wildman–Crippen LogP) is 3.87. The van der Waals surface area contributed by atoms with E-state index in [-0.39, 0.29) is 5.60 Å². The topological polar surface area (TPSA) is 9.23 Å². The van der Waals surface area contributed by atoms with E-state index in [0.29, 0.717) is 0 Å². The van der Waals surface area contributed by atoms with Gasteiger partial charge in [-0.25, -0.2) is 0 Å². The number of hydrogen-bond donors (Lipinski definition) is 0. The molecule has 14 heavy (non-hydrogen) atoms. The van der Waals surface area contributed by atoms with Crippen LogP contribution in [0, 0.1) is 3.57 Å². The molecule has 0 unspecified atom stereocenters. The third kappa shape index (κ3) is 1.67. The first-order valence-electron chi connectivity index (χ1n) is 4.66. The second-order valence-electron chi connectivity index (χ2n) is 4.12. The van der Waals surface area contributed by atoms with Gasteiger partial charge in [0.2, 0.25) is 0 Å². The molecular formula is C12H13IO. The quantitative estimate of drug-likeness (QED) is 0.661. The molecule has 1 aromatic carbocycles. The lowest BCUT2D eigenvalue weighted by Crippen LogP contribution is -2.31. The molecule has 0 saturated heterocycles. The van der Waals surface area contributed by atoms with Crippen LogP contribution in [0.2, 0.25) is 0 Å². The van der Waals surface area contributed by atoms with Crippen LogP contribution >= 0.6 is 22.6 Å². The molecule has 0 radical (unpaired) electrons. The highest BCUT2D eigenvalue weighted by molar-refractivity contribution is 14.1. The first-order valence-corrected chi connectivity index (χ1v) is 5.74. The second kappa shape index (κ2) is 3.26. The molecule has 0 amide bonds. The summed E-state index contributed by atoms with van der Waals surface area (Å²) in [5.74, 6) is 0.987. The summed E-state index contributed by atoms with van der Waals surface area (Å²) in [6.45, 7) is 6.31. The highest BCUT2D eigenvalue weighted by Crippen LogP contribution is 2.35. The Balaban J connectivity index is 2.54. The highest BCUT2D eigenvalue weighted by Gasteiger charge is 2.26. The number of ether oxygens (including phenoxy) is 1. The van der Waals surface area contributed by atoms with Crippen LogP contribution in [0.1, 0.15) is 26.3 Å². The van der Waals surface area contributed by atoms with Crippen molar-refractivity contribution < 1.29 is 4.74 Å². The molecule has 1 heterocycles. The Morgan fingerprint density at radius 2 is 2.00 bits per heavy atom. The van der Waals surface area contributed by atoms with E-state index in [1.807, 2.05) is 6.07 Å². The van der Waals surface area contributed by atoms with Gasteiger partial charge >= 0.3 is 0 Å². The van der Waals surface area contributed by atoms with Gasteiger partial charge in [0.05, 0.1) is 0 Å². The minimum atomic E-state index is -0.167. The third-order valence-corrected chi connectivity index (χ3v) is 3.33. The van der Waals surface area contributed by atoms with Gasteiger partial charge in [-0.2, -0.15) is 0 Å². The zero-order chi connectivity index (χ0) is 10.3. The van der Waals surface area contributed by atoms with Crippen LogP contribution in [-0.4, -0.2) is 5.60 Å². The minimum Gasteiger partial charge on any atom is -0.483 e. The standard InChI is InChI=1S/C12H13IO/c1-8-6-9-7-10(13)4-5-11(9)14-12(8,2)3/h4-7H,1-3H3. The zero-order valence-corrected chi connectivity index (χ0v) is 10.8. The van der Waals surface area contributed by atoms with Gasteiger partial charge in [-0.3, -0.25) is 0 Å². The summed E-state index contributed by atoms with van der Waals surface area (Å²) < 4.78 is 7.16. The molecule has 2 rings (SSSR count). The molecule has 1 aliphatic heterocycles. The van der Waals surface area contributed by atoms with Crippen LogP contribution in [0.3, 0.4) is 0 Å². The van der Waals surface area contributed by atoms with Crippen LogP contribution < -0.4 is 4.74 Å². The molecular weight excluding hydrogens is 287 g/mol. The lowest BCUT2D eigenvalue weighted by atomic mass is 9.94. The molecule has 0 aromatic heterocycles. The number of fused-ring (bicyclic) bond motifs is 1. The van der Waals surface area contributed by atoms with E-state index >= 15 is 0 Å². The molecule has 74 valence electrons. The maximum atomic E-state index is 5.91. The van der Waals surface area contributed by atoms with Crippen molar-refractivity contribution in [3.05, 3.63) is 32.9 Å². The Morgan fingerprint density at radius 3 is 2.71 bits per heavy atom. The van der Waals surface area contributed by atoms with Gasteiger partial charge in [-0.1, -0.05) is 0 Å². The molecule has 1 nitrogen and oxygen atoms in total. The Hall–Kier alpha value is -0.510. The van der Waals surface area contributed by atoms with Crippen LogP contribution in [0.4, 0.5) is 0 Å². The normalized spacial score (nSPS) is 18.1. The molecule has 0 N–H and O–H groups in total. The van der Waals surface area contributed by atoms with Gasteiger partial charge < -0.3 is 4.74 Å². The molecule has 1 aromatic rings. The number of rotatable bonds is 0. The SMILES string of the molecule is CC1=Cc2cc(I)ccc2OC1(C)C. The maximum Gasteiger partial charge on any atom is 0.127 e. The first kappa shape index (κ1) is 10.0. The van der Waals surface area contributed by atoms with Crippen molar-refractivity contribution in [2.75, 3.05) is 0 Å². The molecule has 1 aliphatic rings. The van der Waals surface area contributed by atoms with Crippen molar-refractivity contribution in [2.24, 2.45) is 0 Å². The van der Waals surface area contributed by atoms with Crippen LogP contribution in [0.15, 0.2) is 23.8 Å². The average Bonchev–Trinajstić information content (AvgIpc) is 2.08. The van der Waals surface area contributed by atoms with Crippen LogP contribution in [-0.2, 0) is 0 Å². The lowest BCUT2D eigenvalue weighted by Gasteiger charge is -2.32. The van der Waals surface area contributed by atoms with Crippen molar-refractivity contribution in [3.8, 4) is 5.75 Å². The van der Waals surface area contributed by atoms with Gasteiger partial charge in [0.25, 0.3) is 0 Å². The van der Waals surface area contributed by atoms with Gasteiger partial charge in [0, 0.05) is 9.13 Å². The summed E-state index contributed by atoms with van der Waals surface area (Å²) in [6.07, 6.45) is 2.21. The lowest BCUT2D eigenvalue weighted by molar-refractivity contribution is 0.145. The van der Waals surface area contributed by atoms with E-state index < -0.39 is 0 Å². The highest BCUT2D eigenvalue weighted by atomic mass is 127. The monoisotopic (exact) mass is 300 g/mol. The van der Waals surface area contributed by atoms with Crippen LogP contribution in [0.5, 0.6) is 5.75 Å². The summed E-state index contributed by atoms with van der Waals surface area (Å²) in [6, 6.07) is 6.26. The summed E-state index contributed by atoms with van der Waals surface area (Å²) >= 11 is 2.32. The third-order valence-electron chi connectivity index (χ3n) is 2.66. The predicted molar refractivity (Wildman–Crippen MR) is 67.5 cm³/mol. The summed E-state index contributed by atoms with van der Waals surface area (Å²) in [5, 5.41) is 0. The van der Waals surface area contributed by atoms with Gasteiger partial charge in [0.15, 0.2) is 0 Å². The number of hydrogen-bond acceptors (Lipinski definition) is 1. The van der Waals surface area contributed by atoms with E-state index in [9.17, 15) is 0 Å². The summed E-state index contributed by atoms with van der Waals surface area (Å²) in [4.78, 5) is 0. The molecule has 2 heteroatoms. The average molecular weight is 300 g/mol. The van der Waals surface area contributed by atoms with E-state index in [1.165, 1.54) is 14.7 Å². The fraction of sp³-hybridized carbons (Fsp3) is 0.333. The molecule has 0 spiro atoms. The Labute approximate surface area is 98.3 Å². The fourth-order valence-corrected chi connectivity index (χ4v) is 2.00. The molecule has 0 aliphatic carbocycles. The van der Waals surface area contributed by atoms with Crippen molar-refractivity contribution in [1.29, 1.82) is 0 Å². The summed E-state index contributed by atoms with van der Waals surface area (Å²) in [7, 11) is 0. The number of halogens is 1. The van der Waals surface area contributed by atoms with Gasteiger partial charge in [-0.05, 0) is 73.2 Å². The smallest absolute Gasteiger partial charge is 0.127 e. The Bertz CT molecular complexity index is 405. The zero-order valence-electron chi connectivity index (χ0n) is 8.60. The van der Waals surface area contributed by atoms with Crippen molar-refractivity contribution in [1.82, 2.24) is 0 Å². The summed E-state index contributed by atoms with van der Waals surface area (Å²) in [5.41, 5.74) is 2.29. The van der Waals surface area contributed by atoms with Crippen molar-refractivity contribution >= 4 is 28.7 Å². The van der Waals surface area contributed by atoms with E-state index in [1.54, 1.807) is 0 Å². The minimum absolute atomic E-state index is 0.167. The molecule has 0 fully saturated rings. The van der Waals surface area contributed by atoms with E-state index in [2.05, 4.69) is 61.6 Å².